The van der Waals surface area contributed by atoms with Gasteiger partial charge in [-0.1, -0.05) is 30.3 Å². The highest BCUT2D eigenvalue weighted by Gasteiger charge is 2.54. The number of likely N-dealkylation sites (tertiary alicyclic amines) is 2. The van der Waals surface area contributed by atoms with Crippen LogP contribution in [0.15, 0.2) is 30.3 Å². The van der Waals surface area contributed by atoms with Crippen molar-refractivity contribution < 1.29 is 19.4 Å². The summed E-state index contributed by atoms with van der Waals surface area (Å²) in [5, 5.41) is 13.5. The monoisotopic (exact) mass is 429 g/mol. The van der Waals surface area contributed by atoms with Gasteiger partial charge >= 0.3 is 6.09 Å². The van der Waals surface area contributed by atoms with E-state index in [1.165, 1.54) is 18.4 Å². The zero-order valence-corrected chi connectivity index (χ0v) is 18.5. The fourth-order valence-electron chi connectivity index (χ4n) is 6.33. The normalized spacial score (nSPS) is 34.9. The number of benzene rings is 1. The van der Waals surface area contributed by atoms with Gasteiger partial charge in [-0.05, 0) is 56.4 Å². The molecular formula is C24H35N3O4. The van der Waals surface area contributed by atoms with Gasteiger partial charge in [0.25, 0.3) is 0 Å². The molecule has 2 N–H and O–H groups in total. The summed E-state index contributed by atoms with van der Waals surface area (Å²) < 4.78 is 11.3. The van der Waals surface area contributed by atoms with Crippen LogP contribution in [0.3, 0.4) is 0 Å². The maximum Gasteiger partial charge on any atom is 0.409 e. The minimum Gasteiger partial charge on any atom is -0.450 e. The Morgan fingerprint density at radius 3 is 2.65 bits per heavy atom. The molecule has 2 atom stereocenters. The Labute approximate surface area is 184 Å². The van der Waals surface area contributed by atoms with Gasteiger partial charge in [-0.15, -0.1) is 0 Å². The lowest BCUT2D eigenvalue weighted by atomic mass is 9.64. The van der Waals surface area contributed by atoms with E-state index in [4.69, 9.17) is 9.47 Å². The van der Waals surface area contributed by atoms with E-state index in [0.717, 1.165) is 51.9 Å². The minimum absolute atomic E-state index is 0.132. The molecule has 1 saturated carbocycles. The quantitative estimate of drug-likeness (QED) is 0.765. The molecule has 4 aliphatic rings. The Balaban J connectivity index is 1.15. The molecule has 3 heterocycles. The number of carbonyl (C=O) groups is 1. The summed E-state index contributed by atoms with van der Waals surface area (Å²) in [6.45, 7) is 5.98. The predicted octanol–water partition coefficient (Wildman–Crippen LogP) is 2.34. The fraction of sp³-hybridized carbons (Fsp3) is 0.708. The van der Waals surface area contributed by atoms with Gasteiger partial charge in [0.15, 0.2) is 0 Å². The van der Waals surface area contributed by atoms with Crippen LogP contribution < -0.4 is 5.32 Å². The number of piperidine rings is 1. The summed E-state index contributed by atoms with van der Waals surface area (Å²) in [7, 11) is 0. The largest absolute Gasteiger partial charge is 0.450 e. The smallest absolute Gasteiger partial charge is 0.409 e. The van der Waals surface area contributed by atoms with Gasteiger partial charge in [0, 0.05) is 38.3 Å². The highest BCUT2D eigenvalue weighted by atomic mass is 16.6. The Morgan fingerprint density at radius 2 is 1.94 bits per heavy atom. The second kappa shape index (κ2) is 8.35. The summed E-state index contributed by atoms with van der Waals surface area (Å²) in [4.78, 5) is 16.5. The summed E-state index contributed by atoms with van der Waals surface area (Å²) in [6.07, 6.45) is 5.15. The Bertz CT molecular complexity index is 774. The molecule has 1 aromatic rings. The first-order chi connectivity index (χ1) is 15.0. The lowest BCUT2D eigenvalue weighted by molar-refractivity contribution is -0.166. The third-order valence-electron chi connectivity index (χ3n) is 8.07. The number of nitrogens with one attached hydrogen (secondary N) is 1. The van der Waals surface area contributed by atoms with E-state index in [-0.39, 0.29) is 17.7 Å². The molecule has 1 aliphatic carbocycles. The van der Waals surface area contributed by atoms with Crippen LogP contribution in [0.1, 0.15) is 44.6 Å². The third-order valence-corrected chi connectivity index (χ3v) is 8.07. The average Bonchev–Trinajstić information content (AvgIpc) is 3.31. The molecule has 7 heteroatoms. The molecule has 0 bridgehead atoms. The molecule has 0 aromatic heterocycles. The van der Waals surface area contributed by atoms with E-state index in [0.29, 0.717) is 18.1 Å². The van der Waals surface area contributed by atoms with Crippen LogP contribution >= 0.6 is 0 Å². The van der Waals surface area contributed by atoms with Gasteiger partial charge in [-0.3, -0.25) is 5.32 Å². The van der Waals surface area contributed by atoms with Gasteiger partial charge in [0.1, 0.15) is 0 Å². The Morgan fingerprint density at radius 1 is 1.19 bits per heavy atom. The number of hydrogen-bond donors (Lipinski definition) is 2. The molecule has 0 radical (unpaired) electrons. The van der Waals surface area contributed by atoms with E-state index in [1.807, 2.05) is 17.9 Å². The van der Waals surface area contributed by atoms with E-state index in [2.05, 4.69) is 34.5 Å². The van der Waals surface area contributed by atoms with Crippen molar-refractivity contribution in [2.24, 2.45) is 5.41 Å². The molecule has 4 fully saturated rings. The van der Waals surface area contributed by atoms with Crippen LogP contribution in [-0.2, 0) is 15.9 Å². The maximum atomic E-state index is 12.0. The lowest BCUT2D eigenvalue weighted by Crippen LogP contribution is -2.58. The van der Waals surface area contributed by atoms with Gasteiger partial charge < -0.3 is 24.4 Å². The van der Waals surface area contributed by atoms with Crippen molar-refractivity contribution in [1.29, 1.82) is 0 Å². The summed E-state index contributed by atoms with van der Waals surface area (Å²) >= 11 is 0. The van der Waals surface area contributed by atoms with Gasteiger partial charge in [0.2, 0.25) is 6.41 Å². The van der Waals surface area contributed by atoms with Crippen LogP contribution in [0.2, 0.25) is 0 Å². The first-order valence-corrected chi connectivity index (χ1v) is 11.8. The highest BCUT2D eigenvalue weighted by molar-refractivity contribution is 5.68. The van der Waals surface area contributed by atoms with Crippen LogP contribution in [-0.4, -0.2) is 77.9 Å². The van der Waals surface area contributed by atoms with E-state index < -0.39 is 6.41 Å². The molecule has 170 valence electrons. The minimum atomic E-state index is -0.875. The highest BCUT2D eigenvalue weighted by Crippen LogP contribution is 2.51. The van der Waals surface area contributed by atoms with Gasteiger partial charge in [0.05, 0.1) is 12.2 Å². The van der Waals surface area contributed by atoms with E-state index in [9.17, 15) is 9.90 Å². The van der Waals surface area contributed by atoms with E-state index in [1.54, 1.807) is 0 Å². The zero-order valence-electron chi connectivity index (χ0n) is 18.5. The molecular weight excluding hydrogens is 394 g/mol. The lowest BCUT2D eigenvalue weighted by Gasteiger charge is -2.53. The first-order valence-electron chi connectivity index (χ1n) is 11.8. The van der Waals surface area contributed by atoms with Crippen molar-refractivity contribution in [2.75, 3.05) is 32.8 Å². The van der Waals surface area contributed by atoms with Gasteiger partial charge in [-0.25, -0.2) is 4.79 Å². The average molecular weight is 430 g/mol. The number of carbonyl (C=O) groups excluding carboxylic acids is 1. The summed E-state index contributed by atoms with van der Waals surface area (Å²) in [5.41, 5.74) is 1.28. The molecule has 3 aliphatic heterocycles. The Hall–Kier alpha value is -1.67. The number of hydrogen-bond acceptors (Lipinski definition) is 6. The number of rotatable bonds is 4. The molecule has 1 amide bonds. The van der Waals surface area contributed by atoms with Crippen LogP contribution in [0.25, 0.3) is 0 Å². The second-order valence-electron chi connectivity index (χ2n) is 9.91. The maximum absolute atomic E-state index is 12.0. The number of ether oxygens (including phenoxy) is 2. The van der Waals surface area contributed by atoms with E-state index >= 15 is 0 Å². The van der Waals surface area contributed by atoms with Crippen LogP contribution in [0.5, 0.6) is 0 Å². The van der Waals surface area contributed by atoms with Crippen molar-refractivity contribution in [1.82, 2.24) is 15.1 Å². The number of nitrogens with zero attached hydrogens (tertiary/aromatic N) is 2. The van der Waals surface area contributed by atoms with Crippen molar-refractivity contribution in [2.45, 2.75) is 69.5 Å². The van der Waals surface area contributed by atoms with Crippen molar-refractivity contribution in [3.05, 3.63) is 35.9 Å². The van der Waals surface area contributed by atoms with Crippen LogP contribution in [0, 0.1) is 5.41 Å². The Kier molecular flexibility index (Phi) is 5.71. The van der Waals surface area contributed by atoms with Crippen molar-refractivity contribution in [3.63, 3.8) is 0 Å². The molecule has 5 rings (SSSR count). The number of aliphatic hydroxyl groups excluding tert-OH is 1. The molecule has 2 spiro atoms. The molecule has 2 unspecified atom stereocenters. The predicted molar refractivity (Wildman–Crippen MR) is 116 cm³/mol. The summed E-state index contributed by atoms with van der Waals surface area (Å²) in [6, 6.07) is 11.2. The second-order valence-corrected chi connectivity index (χ2v) is 9.91. The molecule has 31 heavy (non-hydrogen) atoms. The fourth-order valence-corrected chi connectivity index (χ4v) is 6.33. The number of aliphatic hydroxyl groups is 1. The molecule has 3 saturated heterocycles. The summed E-state index contributed by atoms with van der Waals surface area (Å²) in [5.74, 6) is 0. The van der Waals surface area contributed by atoms with Gasteiger partial charge in [-0.2, -0.15) is 0 Å². The molecule has 1 aromatic carbocycles. The molecule has 7 nitrogen and oxygen atoms in total. The standard InChI is InChI=1S/C24H35N3O4/c1-2-30-22(29)27-11-8-23(17-27)15-19(16-23)26-12-9-24(10-13-26)20(25-21(28)31-24)14-18-6-4-3-5-7-18/h3-7,19-21,25,28H,2,8-17H2,1H3. The van der Waals surface area contributed by atoms with Crippen molar-refractivity contribution >= 4 is 6.09 Å². The topological polar surface area (TPSA) is 74.3 Å². The van der Waals surface area contributed by atoms with Crippen LogP contribution in [0.4, 0.5) is 4.79 Å². The number of amides is 1. The van der Waals surface area contributed by atoms with Crippen molar-refractivity contribution in [3.8, 4) is 0 Å². The SMILES string of the molecule is CCOC(=O)N1CCC2(CC(N3CCC4(CC3)OC(O)NC4Cc3ccccc3)C2)C1. The zero-order chi connectivity index (χ0) is 21.5. The first kappa shape index (κ1) is 21.2. The third kappa shape index (κ3) is 4.09.